The molecule has 0 spiro atoms. The summed E-state index contributed by atoms with van der Waals surface area (Å²) in [6.45, 7) is 12.5. The molecule has 0 amide bonds. The molecule has 3 rings (SSSR count). The van der Waals surface area contributed by atoms with E-state index in [1.165, 1.54) is 0 Å². The van der Waals surface area contributed by atoms with E-state index < -0.39 is 0 Å². The molecule has 22 heavy (non-hydrogen) atoms. The standard InChI is InChI=1S/C17H23BN2O2/c1-11(2)15-13-9-12(7-8-14(13)19-10-20-15)18-21-16(3,4)17(5,6)22-18/h7-11H,1-6H3. The Morgan fingerprint density at radius 2 is 1.64 bits per heavy atom. The molecule has 5 heteroatoms. The predicted molar refractivity (Wildman–Crippen MR) is 89.3 cm³/mol. The molecule has 0 radical (unpaired) electrons. The quantitative estimate of drug-likeness (QED) is 0.799. The molecule has 0 bridgehead atoms. The highest BCUT2D eigenvalue weighted by Crippen LogP contribution is 2.36. The van der Waals surface area contributed by atoms with Crippen molar-refractivity contribution in [3.63, 3.8) is 0 Å². The predicted octanol–water partition coefficient (Wildman–Crippen LogP) is 3.05. The molecule has 1 aliphatic rings. The molecule has 2 aromatic rings. The van der Waals surface area contributed by atoms with Gasteiger partial charge in [0.25, 0.3) is 0 Å². The fourth-order valence-corrected chi connectivity index (χ4v) is 2.68. The third-order valence-corrected chi connectivity index (χ3v) is 4.76. The lowest BCUT2D eigenvalue weighted by atomic mass is 9.78. The first kappa shape index (κ1) is 15.4. The van der Waals surface area contributed by atoms with Crippen LogP contribution in [0.1, 0.15) is 53.2 Å². The second-order valence-corrected chi connectivity index (χ2v) is 7.28. The Labute approximate surface area is 132 Å². The number of benzene rings is 1. The van der Waals surface area contributed by atoms with Gasteiger partial charge in [0, 0.05) is 5.39 Å². The Kier molecular flexibility index (Phi) is 3.53. The first-order chi connectivity index (χ1) is 10.2. The summed E-state index contributed by atoms with van der Waals surface area (Å²) < 4.78 is 12.3. The molecule has 0 aliphatic carbocycles. The van der Waals surface area contributed by atoms with Gasteiger partial charge >= 0.3 is 7.12 Å². The first-order valence-corrected chi connectivity index (χ1v) is 7.81. The number of rotatable bonds is 2. The highest BCUT2D eigenvalue weighted by Gasteiger charge is 2.51. The van der Waals surface area contributed by atoms with Crippen LogP contribution in [0, 0.1) is 0 Å². The van der Waals surface area contributed by atoms with Gasteiger partial charge in [-0.25, -0.2) is 9.97 Å². The van der Waals surface area contributed by atoms with Crippen molar-refractivity contribution in [2.75, 3.05) is 0 Å². The van der Waals surface area contributed by atoms with E-state index in [2.05, 4.69) is 57.6 Å². The molecule has 4 nitrogen and oxygen atoms in total. The zero-order valence-electron chi connectivity index (χ0n) is 14.2. The topological polar surface area (TPSA) is 44.2 Å². The van der Waals surface area contributed by atoms with Crippen LogP contribution >= 0.6 is 0 Å². The Hall–Kier alpha value is -1.46. The van der Waals surface area contributed by atoms with E-state index in [9.17, 15) is 0 Å². The van der Waals surface area contributed by atoms with Crippen LogP contribution < -0.4 is 5.46 Å². The van der Waals surface area contributed by atoms with Crippen molar-refractivity contribution in [2.45, 2.75) is 58.7 Å². The van der Waals surface area contributed by atoms with Crippen LogP contribution in [-0.4, -0.2) is 28.3 Å². The Morgan fingerprint density at radius 1 is 1.00 bits per heavy atom. The Balaban J connectivity index is 2.05. The molecule has 0 saturated carbocycles. The van der Waals surface area contributed by atoms with E-state index in [-0.39, 0.29) is 18.3 Å². The molecule has 2 heterocycles. The van der Waals surface area contributed by atoms with Gasteiger partial charge in [0.05, 0.1) is 22.4 Å². The highest BCUT2D eigenvalue weighted by molar-refractivity contribution is 6.62. The summed E-state index contributed by atoms with van der Waals surface area (Å²) in [5, 5.41) is 1.07. The van der Waals surface area contributed by atoms with Gasteiger partial charge in [-0.1, -0.05) is 26.0 Å². The summed E-state index contributed by atoms with van der Waals surface area (Å²) in [6, 6.07) is 6.15. The van der Waals surface area contributed by atoms with E-state index in [1.807, 2.05) is 12.1 Å². The normalized spacial score (nSPS) is 20.0. The van der Waals surface area contributed by atoms with Crippen molar-refractivity contribution in [3.8, 4) is 0 Å². The molecular formula is C17H23BN2O2. The molecule has 0 unspecified atom stereocenters. The molecule has 116 valence electrons. The van der Waals surface area contributed by atoms with Crippen LogP contribution in [-0.2, 0) is 9.31 Å². The number of fused-ring (bicyclic) bond motifs is 1. The molecule has 1 fully saturated rings. The van der Waals surface area contributed by atoms with Gasteiger partial charge in [0.15, 0.2) is 0 Å². The largest absolute Gasteiger partial charge is 0.494 e. The average Bonchev–Trinajstić information content (AvgIpc) is 2.66. The maximum atomic E-state index is 6.14. The lowest BCUT2D eigenvalue weighted by Crippen LogP contribution is -2.41. The smallest absolute Gasteiger partial charge is 0.399 e. The maximum absolute atomic E-state index is 6.14. The van der Waals surface area contributed by atoms with Gasteiger partial charge in [-0.05, 0) is 45.1 Å². The Bertz CT molecular complexity index is 697. The van der Waals surface area contributed by atoms with E-state index in [0.29, 0.717) is 5.92 Å². The Morgan fingerprint density at radius 3 is 2.23 bits per heavy atom. The minimum atomic E-state index is -0.352. The number of aromatic nitrogens is 2. The molecule has 0 N–H and O–H groups in total. The average molecular weight is 298 g/mol. The van der Waals surface area contributed by atoms with Crippen molar-refractivity contribution < 1.29 is 9.31 Å². The number of hydrogen-bond donors (Lipinski definition) is 0. The van der Waals surface area contributed by atoms with E-state index in [0.717, 1.165) is 22.1 Å². The van der Waals surface area contributed by atoms with Gasteiger partial charge < -0.3 is 9.31 Å². The SMILES string of the molecule is CC(C)c1ncnc2ccc(B3OC(C)(C)C(C)(C)O3)cc12. The number of hydrogen-bond acceptors (Lipinski definition) is 4. The summed E-state index contributed by atoms with van der Waals surface area (Å²) in [5.74, 6) is 0.346. The van der Waals surface area contributed by atoms with Crippen molar-refractivity contribution in [1.82, 2.24) is 9.97 Å². The van der Waals surface area contributed by atoms with Crippen LogP contribution in [0.4, 0.5) is 0 Å². The fraction of sp³-hybridized carbons (Fsp3) is 0.529. The third kappa shape index (κ3) is 2.42. The van der Waals surface area contributed by atoms with Gasteiger partial charge in [0.2, 0.25) is 0 Å². The van der Waals surface area contributed by atoms with E-state index in [1.54, 1.807) is 6.33 Å². The van der Waals surface area contributed by atoms with Crippen molar-refractivity contribution >= 4 is 23.5 Å². The molecule has 0 atom stereocenters. The lowest BCUT2D eigenvalue weighted by molar-refractivity contribution is 0.00578. The second kappa shape index (κ2) is 5.03. The van der Waals surface area contributed by atoms with Gasteiger partial charge in [-0.2, -0.15) is 0 Å². The monoisotopic (exact) mass is 298 g/mol. The van der Waals surface area contributed by atoms with Crippen LogP contribution in [0.25, 0.3) is 10.9 Å². The minimum Gasteiger partial charge on any atom is -0.399 e. The summed E-state index contributed by atoms with van der Waals surface area (Å²) in [6.07, 6.45) is 1.63. The van der Waals surface area contributed by atoms with Crippen LogP contribution in [0.2, 0.25) is 0 Å². The summed E-state index contributed by atoms with van der Waals surface area (Å²) >= 11 is 0. The van der Waals surface area contributed by atoms with E-state index in [4.69, 9.17) is 9.31 Å². The van der Waals surface area contributed by atoms with E-state index >= 15 is 0 Å². The summed E-state index contributed by atoms with van der Waals surface area (Å²) in [5.41, 5.74) is 2.37. The molecule has 1 saturated heterocycles. The fourth-order valence-electron chi connectivity index (χ4n) is 2.68. The summed E-state index contributed by atoms with van der Waals surface area (Å²) in [7, 11) is -0.352. The molecule has 1 aromatic heterocycles. The molecule has 1 aliphatic heterocycles. The van der Waals surface area contributed by atoms with Crippen molar-refractivity contribution in [2.24, 2.45) is 0 Å². The summed E-state index contributed by atoms with van der Waals surface area (Å²) in [4.78, 5) is 8.80. The lowest BCUT2D eigenvalue weighted by Gasteiger charge is -2.32. The second-order valence-electron chi connectivity index (χ2n) is 7.28. The number of nitrogens with zero attached hydrogens (tertiary/aromatic N) is 2. The molecule has 1 aromatic carbocycles. The van der Waals surface area contributed by atoms with Crippen LogP contribution in [0.15, 0.2) is 24.5 Å². The first-order valence-electron chi connectivity index (χ1n) is 7.81. The highest BCUT2D eigenvalue weighted by atomic mass is 16.7. The zero-order chi connectivity index (χ0) is 16.1. The van der Waals surface area contributed by atoms with Gasteiger partial charge in [0.1, 0.15) is 6.33 Å². The molecular weight excluding hydrogens is 275 g/mol. The van der Waals surface area contributed by atoms with Crippen LogP contribution in [0.5, 0.6) is 0 Å². The zero-order valence-corrected chi connectivity index (χ0v) is 14.2. The van der Waals surface area contributed by atoms with Crippen LogP contribution in [0.3, 0.4) is 0 Å². The van der Waals surface area contributed by atoms with Crippen molar-refractivity contribution in [3.05, 3.63) is 30.2 Å². The van der Waals surface area contributed by atoms with Gasteiger partial charge in [-0.15, -0.1) is 0 Å². The van der Waals surface area contributed by atoms with Crippen molar-refractivity contribution in [1.29, 1.82) is 0 Å². The maximum Gasteiger partial charge on any atom is 0.494 e. The third-order valence-electron chi connectivity index (χ3n) is 4.76. The minimum absolute atomic E-state index is 0.333. The van der Waals surface area contributed by atoms with Gasteiger partial charge in [-0.3, -0.25) is 0 Å².